The summed E-state index contributed by atoms with van der Waals surface area (Å²) in [6, 6.07) is 13.3. The van der Waals surface area contributed by atoms with E-state index in [1.54, 1.807) is 54.6 Å². The van der Waals surface area contributed by atoms with E-state index in [1.165, 1.54) is 0 Å². The van der Waals surface area contributed by atoms with E-state index in [0.29, 0.717) is 33.7 Å². The first-order valence-electron chi connectivity index (χ1n) is 8.88. The maximum Gasteiger partial charge on any atom is 0.265 e. The van der Waals surface area contributed by atoms with Gasteiger partial charge in [-0.15, -0.1) is 0 Å². The van der Waals surface area contributed by atoms with Crippen molar-refractivity contribution >= 4 is 23.6 Å². The highest BCUT2D eigenvalue weighted by atomic mass is 16.2. The Bertz CT molecular complexity index is 882. The van der Waals surface area contributed by atoms with Gasteiger partial charge in [0.05, 0.1) is 28.8 Å². The number of carbonyl (C=O) groups is 4. The van der Waals surface area contributed by atoms with Crippen LogP contribution in [0.5, 0.6) is 0 Å². The molecule has 0 fully saturated rings. The average Bonchev–Trinajstić information content (AvgIpc) is 3.09. The highest BCUT2D eigenvalue weighted by Crippen LogP contribution is 2.22. The van der Waals surface area contributed by atoms with Crippen molar-refractivity contribution < 1.29 is 24.1 Å². The highest BCUT2D eigenvalue weighted by molar-refractivity contribution is 6.22. The molecule has 0 saturated carbocycles. The SMILES string of the molecule is C=CC[NH+](CN1C(=O)c2ccccc2C1=O)CN1C(=O)c2ccccc2C1=O. The van der Waals surface area contributed by atoms with E-state index in [-0.39, 0.29) is 37.0 Å². The molecule has 0 bridgehead atoms. The van der Waals surface area contributed by atoms with Crippen LogP contribution in [-0.4, -0.2) is 53.3 Å². The van der Waals surface area contributed by atoms with Crippen LogP contribution in [0.1, 0.15) is 41.4 Å². The van der Waals surface area contributed by atoms with E-state index in [9.17, 15) is 19.2 Å². The van der Waals surface area contributed by atoms with Crippen LogP contribution in [-0.2, 0) is 0 Å². The summed E-state index contributed by atoms with van der Waals surface area (Å²) in [5, 5.41) is 0. The van der Waals surface area contributed by atoms with Crippen molar-refractivity contribution in [1.82, 2.24) is 9.80 Å². The molecule has 0 saturated heterocycles. The lowest BCUT2D eigenvalue weighted by molar-refractivity contribution is -0.908. The summed E-state index contributed by atoms with van der Waals surface area (Å²) in [5.74, 6) is -1.48. The molecule has 0 atom stereocenters. The highest BCUT2D eigenvalue weighted by Gasteiger charge is 2.40. The van der Waals surface area contributed by atoms with E-state index >= 15 is 0 Å². The number of fused-ring (bicyclic) bond motifs is 2. The second-order valence-corrected chi connectivity index (χ2v) is 6.73. The first-order chi connectivity index (χ1) is 13.5. The first kappa shape index (κ1) is 17.8. The van der Waals surface area contributed by atoms with E-state index in [4.69, 9.17) is 0 Å². The molecule has 4 rings (SSSR count). The average molecular weight is 376 g/mol. The van der Waals surface area contributed by atoms with Gasteiger partial charge in [-0.05, 0) is 30.3 Å². The lowest BCUT2D eigenvalue weighted by atomic mass is 10.1. The molecule has 0 unspecified atom stereocenters. The summed E-state index contributed by atoms with van der Waals surface area (Å²) in [6.07, 6.45) is 1.63. The van der Waals surface area contributed by atoms with Crippen LogP contribution in [0.4, 0.5) is 0 Å². The van der Waals surface area contributed by atoms with Crippen molar-refractivity contribution in [2.45, 2.75) is 0 Å². The van der Waals surface area contributed by atoms with Gasteiger partial charge in [0.1, 0.15) is 0 Å². The summed E-state index contributed by atoms with van der Waals surface area (Å²) in [6.45, 7) is 4.15. The summed E-state index contributed by atoms with van der Waals surface area (Å²) in [4.78, 5) is 53.4. The van der Waals surface area contributed by atoms with Crippen LogP contribution in [0.2, 0.25) is 0 Å². The molecule has 2 aromatic carbocycles. The number of hydrogen-bond acceptors (Lipinski definition) is 4. The Kier molecular flexibility index (Phi) is 4.37. The zero-order valence-electron chi connectivity index (χ0n) is 15.1. The van der Waals surface area contributed by atoms with Crippen molar-refractivity contribution in [3.63, 3.8) is 0 Å². The molecular weight excluding hydrogens is 358 g/mol. The minimum absolute atomic E-state index is 0.0335. The van der Waals surface area contributed by atoms with Gasteiger partial charge in [-0.2, -0.15) is 0 Å². The molecule has 2 aromatic rings. The van der Waals surface area contributed by atoms with E-state index < -0.39 is 0 Å². The Morgan fingerprint density at radius 1 is 0.679 bits per heavy atom. The van der Waals surface area contributed by atoms with Crippen LogP contribution in [0.15, 0.2) is 61.2 Å². The van der Waals surface area contributed by atoms with Crippen molar-refractivity contribution in [3.8, 4) is 0 Å². The summed E-state index contributed by atoms with van der Waals surface area (Å²) in [7, 11) is 0. The fourth-order valence-electron chi connectivity index (χ4n) is 3.60. The second kappa shape index (κ2) is 6.86. The standard InChI is InChI=1S/C21H17N3O4/c1-2-11-22(12-23-18(25)14-7-3-4-8-15(14)19(23)26)13-24-20(27)16-9-5-6-10-17(16)21(24)28/h2-10H,1,11-13H2/p+1. The van der Waals surface area contributed by atoms with Crippen molar-refractivity contribution in [3.05, 3.63) is 83.4 Å². The van der Waals surface area contributed by atoms with Gasteiger partial charge in [0.25, 0.3) is 23.6 Å². The molecule has 140 valence electrons. The Morgan fingerprint density at radius 2 is 1.00 bits per heavy atom. The molecule has 7 heteroatoms. The van der Waals surface area contributed by atoms with E-state index in [1.807, 2.05) is 0 Å². The number of carbonyl (C=O) groups excluding carboxylic acids is 4. The van der Waals surface area contributed by atoms with Gasteiger partial charge in [-0.3, -0.25) is 24.1 Å². The number of quaternary nitrogens is 1. The number of nitrogens with one attached hydrogen (secondary N) is 1. The smallest absolute Gasteiger partial charge is 0.265 e. The topological polar surface area (TPSA) is 79.2 Å². The predicted molar refractivity (Wildman–Crippen MR) is 99.6 cm³/mol. The molecule has 7 nitrogen and oxygen atoms in total. The number of rotatable bonds is 6. The zero-order valence-corrected chi connectivity index (χ0v) is 15.1. The monoisotopic (exact) mass is 376 g/mol. The lowest BCUT2D eigenvalue weighted by Crippen LogP contribution is -3.15. The van der Waals surface area contributed by atoms with Gasteiger partial charge in [0.15, 0.2) is 13.3 Å². The largest absolute Gasteiger partial charge is 0.297 e. The van der Waals surface area contributed by atoms with Crippen molar-refractivity contribution in [1.29, 1.82) is 0 Å². The molecule has 2 aliphatic rings. The maximum atomic E-state index is 12.6. The van der Waals surface area contributed by atoms with E-state index in [2.05, 4.69) is 6.58 Å². The third kappa shape index (κ3) is 2.73. The minimum atomic E-state index is -0.371. The summed E-state index contributed by atoms with van der Waals surface area (Å²) >= 11 is 0. The lowest BCUT2D eigenvalue weighted by Gasteiger charge is -2.26. The van der Waals surface area contributed by atoms with Crippen molar-refractivity contribution in [2.75, 3.05) is 19.9 Å². The second-order valence-electron chi connectivity index (χ2n) is 6.73. The molecule has 2 heterocycles. The fraction of sp³-hybridized carbons (Fsp3) is 0.143. The number of benzene rings is 2. The van der Waals surface area contributed by atoms with E-state index in [0.717, 1.165) is 9.80 Å². The summed E-state index contributed by atoms with van der Waals surface area (Å²) in [5.41, 5.74) is 1.47. The van der Waals surface area contributed by atoms with Crippen LogP contribution >= 0.6 is 0 Å². The molecule has 0 radical (unpaired) electrons. The minimum Gasteiger partial charge on any atom is -0.297 e. The number of imide groups is 2. The molecule has 0 aliphatic carbocycles. The van der Waals surface area contributed by atoms with Gasteiger partial charge in [-0.1, -0.05) is 30.8 Å². The van der Waals surface area contributed by atoms with Gasteiger partial charge in [0, 0.05) is 0 Å². The van der Waals surface area contributed by atoms with Gasteiger partial charge >= 0.3 is 0 Å². The molecule has 0 aromatic heterocycles. The third-order valence-electron chi connectivity index (χ3n) is 4.95. The number of hydrogen-bond donors (Lipinski definition) is 1. The molecule has 28 heavy (non-hydrogen) atoms. The Hall–Kier alpha value is -3.58. The first-order valence-corrected chi connectivity index (χ1v) is 8.88. The fourth-order valence-corrected chi connectivity index (χ4v) is 3.60. The summed E-state index contributed by atoms with van der Waals surface area (Å²) < 4.78 is 0. The Balaban J connectivity index is 1.54. The normalized spacial score (nSPS) is 15.5. The molecule has 2 aliphatic heterocycles. The van der Waals surface area contributed by atoms with Crippen LogP contribution in [0, 0.1) is 0 Å². The molecule has 1 N–H and O–H groups in total. The quantitative estimate of drug-likeness (QED) is 0.590. The Morgan fingerprint density at radius 3 is 1.29 bits per heavy atom. The van der Waals surface area contributed by atoms with Crippen LogP contribution < -0.4 is 4.90 Å². The van der Waals surface area contributed by atoms with Crippen LogP contribution in [0.25, 0.3) is 0 Å². The third-order valence-corrected chi connectivity index (χ3v) is 4.95. The number of nitrogens with zero attached hydrogens (tertiary/aromatic N) is 2. The van der Waals surface area contributed by atoms with Crippen molar-refractivity contribution in [2.24, 2.45) is 0 Å². The molecule has 4 amide bonds. The molecular formula is C21H18N3O4+. The van der Waals surface area contributed by atoms with Gasteiger partial charge in [-0.25, -0.2) is 9.80 Å². The van der Waals surface area contributed by atoms with Gasteiger partial charge < -0.3 is 0 Å². The molecule has 0 spiro atoms. The maximum absolute atomic E-state index is 12.6. The zero-order chi connectivity index (χ0) is 19.8. The Labute approximate surface area is 161 Å². The van der Waals surface area contributed by atoms with Crippen LogP contribution in [0.3, 0.4) is 0 Å². The number of amides is 4. The predicted octanol–water partition coefficient (Wildman–Crippen LogP) is 0.565. The van der Waals surface area contributed by atoms with Gasteiger partial charge in [0.2, 0.25) is 0 Å².